The molecule has 0 amide bonds. The summed E-state index contributed by atoms with van der Waals surface area (Å²) in [6.07, 6.45) is 6.32. The Morgan fingerprint density at radius 3 is 2.75 bits per heavy atom. The molecule has 1 heterocycles. The van der Waals surface area contributed by atoms with Crippen LogP contribution >= 0.6 is 0 Å². The number of hydrogen-bond acceptors (Lipinski definition) is 2. The van der Waals surface area contributed by atoms with Gasteiger partial charge in [-0.05, 0) is 42.3 Å². The van der Waals surface area contributed by atoms with Gasteiger partial charge >= 0.3 is 0 Å². The summed E-state index contributed by atoms with van der Waals surface area (Å²) in [6.45, 7) is 14.7. The molecule has 3 aliphatic carbocycles. The first-order valence-corrected chi connectivity index (χ1v) is 11.1. The van der Waals surface area contributed by atoms with Crippen LogP contribution in [0.4, 0.5) is 0 Å². The Bertz CT molecular complexity index is 478. The molecule has 5 atom stereocenters. The second-order valence-corrected chi connectivity index (χ2v) is 13.9. The van der Waals surface area contributed by atoms with Gasteiger partial charge < -0.3 is 9.16 Å². The lowest BCUT2D eigenvalue weighted by molar-refractivity contribution is 0.127. The molecule has 0 aromatic rings. The largest absolute Gasteiger partial charge is 0.416 e. The molecule has 0 radical (unpaired) electrons. The Hall–Kier alpha value is -0.123. The van der Waals surface area contributed by atoms with E-state index in [1.54, 1.807) is 0 Å². The summed E-state index contributed by atoms with van der Waals surface area (Å²) in [5.74, 6) is 2.33. The molecule has 3 heteroatoms. The molecule has 0 aromatic heterocycles. The number of ether oxygens (including phenoxy) is 1. The van der Waals surface area contributed by atoms with Crippen LogP contribution in [0.3, 0.4) is 0 Å². The van der Waals surface area contributed by atoms with Crippen LogP contribution in [0.2, 0.25) is 18.1 Å². The maximum Gasteiger partial charge on any atom is 0.192 e. The maximum atomic E-state index is 6.65. The highest BCUT2D eigenvalue weighted by Gasteiger charge is 2.86. The van der Waals surface area contributed by atoms with Crippen molar-refractivity contribution in [3.63, 3.8) is 0 Å². The number of rotatable bonds is 3. The summed E-state index contributed by atoms with van der Waals surface area (Å²) in [6, 6.07) is 0. The van der Waals surface area contributed by atoms with E-state index in [0.29, 0.717) is 15.9 Å². The summed E-state index contributed by atoms with van der Waals surface area (Å²) >= 11 is 0. The van der Waals surface area contributed by atoms with Crippen LogP contribution in [0, 0.1) is 28.6 Å². The van der Waals surface area contributed by atoms with Crippen molar-refractivity contribution in [1.82, 2.24) is 0 Å². The Morgan fingerprint density at radius 1 is 1.30 bits per heavy atom. The van der Waals surface area contributed by atoms with Crippen molar-refractivity contribution in [1.29, 1.82) is 0 Å². The molecule has 0 aromatic carbocycles. The van der Waals surface area contributed by atoms with Crippen molar-refractivity contribution in [2.45, 2.75) is 45.3 Å². The van der Waals surface area contributed by atoms with E-state index in [9.17, 15) is 0 Å². The predicted octanol–water partition coefficient (Wildman–Crippen LogP) is 3.85. The molecule has 112 valence electrons. The molecule has 1 spiro atoms. The lowest BCUT2D eigenvalue weighted by atomic mass is 9.89. The van der Waals surface area contributed by atoms with Crippen LogP contribution in [0.1, 0.15) is 27.2 Å². The van der Waals surface area contributed by atoms with Gasteiger partial charge in [-0.1, -0.05) is 32.9 Å². The van der Waals surface area contributed by atoms with Crippen LogP contribution in [0.25, 0.3) is 0 Å². The van der Waals surface area contributed by atoms with E-state index in [1.165, 1.54) is 6.42 Å². The molecule has 0 bridgehead atoms. The van der Waals surface area contributed by atoms with Crippen molar-refractivity contribution in [2.24, 2.45) is 28.6 Å². The van der Waals surface area contributed by atoms with E-state index < -0.39 is 8.32 Å². The lowest BCUT2D eigenvalue weighted by Crippen LogP contribution is -2.43. The lowest BCUT2D eigenvalue weighted by Gasteiger charge is -2.38. The van der Waals surface area contributed by atoms with Gasteiger partial charge in [-0.2, -0.15) is 0 Å². The Balaban J connectivity index is 1.56. The summed E-state index contributed by atoms with van der Waals surface area (Å²) < 4.78 is 12.5. The van der Waals surface area contributed by atoms with Crippen molar-refractivity contribution < 1.29 is 9.16 Å². The van der Waals surface area contributed by atoms with Crippen molar-refractivity contribution in [3.05, 3.63) is 12.2 Å². The van der Waals surface area contributed by atoms with E-state index in [2.05, 4.69) is 46.0 Å². The molecule has 0 N–H and O–H groups in total. The van der Waals surface area contributed by atoms with Crippen LogP contribution in [0.5, 0.6) is 0 Å². The Morgan fingerprint density at radius 2 is 2.05 bits per heavy atom. The second kappa shape index (κ2) is 3.61. The fourth-order valence-electron chi connectivity index (χ4n) is 5.24. The first kappa shape index (κ1) is 13.5. The molecule has 20 heavy (non-hydrogen) atoms. The zero-order chi connectivity index (χ0) is 14.4. The van der Waals surface area contributed by atoms with Gasteiger partial charge in [-0.25, -0.2) is 0 Å². The number of hydrogen-bond donors (Lipinski definition) is 0. The Labute approximate surface area is 124 Å². The standard InChI is InChI=1S/C17H28O2Si/c1-15(2,3)20(4,5)19-11-17-12-6-7-14(17)16(17)10-18-9-13(16)8-12/h6-7,12-14H,8-11H2,1-5H3. The first-order valence-electron chi connectivity index (χ1n) is 8.16. The van der Waals surface area contributed by atoms with Gasteiger partial charge in [-0.3, -0.25) is 0 Å². The van der Waals surface area contributed by atoms with E-state index in [-0.39, 0.29) is 0 Å². The molecule has 3 fully saturated rings. The van der Waals surface area contributed by atoms with E-state index in [0.717, 1.165) is 37.6 Å². The van der Waals surface area contributed by atoms with Crippen molar-refractivity contribution in [2.75, 3.05) is 19.8 Å². The first-order chi connectivity index (χ1) is 9.26. The molecule has 5 unspecified atom stereocenters. The highest BCUT2D eigenvalue weighted by atomic mass is 28.4. The summed E-state index contributed by atoms with van der Waals surface area (Å²) in [5.41, 5.74) is 0.887. The van der Waals surface area contributed by atoms with Crippen molar-refractivity contribution in [3.8, 4) is 0 Å². The molecular formula is C17H28O2Si. The monoisotopic (exact) mass is 292 g/mol. The van der Waals surface area contributed by atoms with Gasteiger partial charge in [0, 0.05) is 17.4 Å². The third-order valence-corrected chi connectivity index (χ3v) is 12.0. The van der Waals surface area contributed by atoms with Gasteiger partial charge in [-0.15, -0.1) is 0 Å². The van der Waals surface area contributed by atoms with Crippen molar-refractivity contribution >= 4 is 8.32 Å². The summed E-state index contributed by atoms with van der Waals surface area (Å²) in [4.78, 5) is 0. The SMILES string of the molecule is CC(C)(C)[Si](C)(C)OCC12C3C=CC1C21COCC1C3. The highest BCUT2D eigenvalue weighted by Crippen LogP contribution is 2.86. The van der Waals surface area contributed by atoms with Crippen LogP contribution < -0.4 is 0 Å². The van der Waals surface area contributed by atoms with Gasteiger partial charge in [0.05, 0.1) is 13.2 Å². The predicted molar refractivity (Wildman–Crippen MR) is 83.1 cm³/mol. The highest BCUT2D eigenvalue weighted by molar-refractivity contribution is 6.74. The van der Waals surface area contributed by atoms with Gasteiger partial charge in [0.2, 0.25) is 0 Å². The fraction of sp³-hybridized carbons (Fsp3) is 0.882. The smallest absolute Gasteiger partial charge is 0.192 e. The normalized spacial score (nSPS) is 48.5. The minimum atomic E-state index is -1.64. The topological polar surface area (TPSA) is 18.5 Å². The van der Waals surface area contributed by atoms with Gasteiger partial charge in [0.25, 0.3) is 0 Å². The van der Waals surface area contributed by atoms with Gasteiger partial charge in [0.15, 0.2) is 8.32 Å². The van der Waals surface area contributed by atoms with Gasteiger partial charge in [0.1, 0.15) is 0 Å². The molecule has 2 nitrogen and oxygen atoms in total. The van der Waals surface area contributed by atoms with Crippen LogP contribution in [0.15, 0.2) is 12.2 Å². The molecule has 4 rings (SSSR count). The zero-order valence-electron chi connectivity index (χ0n) is 13.5. The summed E-state index contributed by atoms with van der Waals surface area (Å²) in [5, 5.41) is 0.308. The Kier molecular flexibility index (Phi) is 2.44. The molecule has 4 aliphatic rings. The zero-order valence-corrected chi connectivity index (χ0v) is 14.5. The third kappa shape index (κ3) is 1.29. The molecule has 1 aliphatic heterocycles. The minimum Gasteiger partial charge on any atom is -0.416 e. The molecular weight excluding hydrogens is 264 g/mol. The average Bonchev–Trinajstić information content (AvgIpc) is 2.65. The fourth-order valence-corrected chi connectivity index (χ4v) is 6.27. The minimum absolute atomic E-state index is 0.308. The van der Waals surface area contributed by atoms with E-state index in [4.69, 9.17) is 9.16 Å². The third-order valence-electron chi connectivity index (χ3n) is 7.50. The van der Waals surface area contributed by atoms with E-state index in [1.807, 2.05) is 0 Å². The van der Waals surface area contributed by atoms with Crippen LogP contribution in [-0.4, -0.2) is 28.1 Å². The molecule has 2 saturated carbocycles. The quantitative estimate of drug-likeness (QED) is 0.581. The summed E-state index contributed by atoms with van der Waals surface area (Å²) in [7, 11) is -1.64. The maximum absolute atomic E-state index is 6.65. The average molecular weight is 292 g/mol. The van der Waals surface area contributed by atoms with E-state index >= 15 is 0 Å². The molecule has 1 saturated heterocycles. The second-order valence-electron chi connectivity index (χ2n) is 9.05. The van der Waals surface area contributed by atoms with Crippen LogP contribution in [-0.2, 0) is 9.16 Å². The number of allylic oxidation sites excluding steroid dienone is 2.